The molecule has 2 heterocycles. The van der Waals surface area contributed by atoms with Gasteiger partial charge in [-0.25, -0.2) is 0 Å². The van der Waals surface area contributed by atoms with Crippen LogP contribution in [-0.4, -0.2) is 55.4 Å². The molecule has 8 heteroatoms. The van der Waals surface area contributed by atoms with Crippen LogP contribution in [0.3, 0.4) is 0 Å². The van der Waals surface area contributed by atoms with Gasteiger partial charge in [0.25, 0.3) is 0 Å². The van der Waals surface area contributed by atoms with Crippen molar-refractivity contribution in [1.82, 2.24) is 15.5 Å². The topological polar surface area (TPSA) is 48.9 Å². The van der Waals surface area contributed by atoms with Crippen molar-refractivity contribution in [2.75, 3.05) is 32.7 Å². The fourth-order valence-corrected chi connectivity index (χ4v) is 4.10. The van der Waals surface area contributed by atoms with Crippen molar-refractivity contribution < 1.29 is 17.9 Å². The summed E-state index contributed by atoms with van der Waals surface area (Å²) in [6, 6.07) is 8.04. The molecule has 2 aliphatic heterocycles. The van der Waals surface area contributed by atoms with Gasteiger partial charge in [-0.2, -0.15) is 13.2 Å². The summed E-state index contributed by atoms with van der Waals surface area (Å²) in [7, 11) is 0. The number of hydrogen-bond acceptors (Lipinski definition) is 3. The Bertz CT molecular complexity index is 720. The van der Waals surface area contributed by atoms with E-state index < -0.39 is 12.7 Å². The first-order chi connectivity index (χ1) is 13.6. The molecule has 0 radical (unpaired) electrons. The van der Waals surface area contributed by atoms with Crippen LogP contribution in [0.5, 0.6) is 5.75 Å². The van der Waals surface area contributed by atoms with Gasteiger partial charge in [-0.3, -0.25) is 9.89 Å². The van der Waals surface area contributed by atoms with E-state index in [2.05, 4.69) is 35.5 Å². The number of fused-ring (bicyclic) bond motifs is 1. The van der Waals surface area contributed by atoms with Gasteiger partial charge in [0.2, 0.25) is 0 Å². The average Bonchev–Trinajstić information content (AvgIpc) is 3.04. The molecule has 5 nitrogen and oxygen atoms in total. The molecule has 0 aromatic heterocycles. The molecule has 0 bridgehead atoms. The van der Waals surface area contributed by atoms with Gasteiger partial charge >= 0.3 is 6.18 Å². The molecule has 1 aromatic rings. The summed E-state index contributed by atoms with van der Waals surface area (Å²) in [4.78, 5) is 6.16. The van der Waals surface area contributed by atoms with E-state index in [1.54, 1.807) is 0 Å². The fraction of sp³-hybridized carbons (Fsp3) is 0.667. The summed E-state index contributed by atoms with van der Waals surface area (Å²) in [5.41, 5.74) is 0.794. The molecule has 29 heavy (non-hydrogen) atoms. The van der Waals surface area contributed by atoms with Gasteiger partial charge in [0.05, 0.1) is 12.6 Å². The molecule has 0 spiro atoms. The Labute approximate surface area is 170 Å². The molecule has 2 unspecified atom stereocenters. The van der Waals surface area contributed by atoms with E-state index in [0.717, 1.165) is 24.2 Å². The van der Waals surface area contributed by atoms with Crippen molar-refractivity contribution in [3.05, 3.63) is 29.8 Å². The number of aliphatic imine (C=N–C) groups is 1. The predicted molar refractivity (Wildman–Crippen MR) is 108 cm³/mol. The minimum atomic E-state index is -4.14. The lowest BCUT2D eigenvalue weighted by Crippen LogP contribution is -2.45. The quantitative estimate of drug-likeness (QED) is 0.572. The first-order valence-corrected chi connectivity index (χ1v) is 10.3. The second-order valence-corrected chi connectivity index (χ2v) is 8.53. The van der Waals surface area contributed by atoms with E-state index >= 15 is 0 Å². The zero-order chi connectivity index (χ0) is 21.1. The van der Waals surface area contributed by atoms with Gasteiger partial charge in [0.15, 0.2) is 5.96 Å². The highest BCUT2D eigenvalue weighted by molar-refractivity contribution is 5.80. The van der Waals surface area contributed by atoms with Crippen LogP contribution in [0, 0.1) is 5.92 Å². The maximum Gasteiger partial charge on any atom is 0.401 e. The minimum Gasteiger partial charge on any atom is -0.487 e. The Hall–Kier alpha value is -1.96. The SMILES string of the molecule is CCNC(=NCC1CCN(CC(F)(F)F)C1)NC1CC(C)(C)Oc2ccccc21. The predicted octanol–water partition coefficient (Wildman–Crippen LogP) is 3.73. The summed E-state index contributed by atoms with van der Waals surface area (Å²) in [5.74, 6) is 1.71. The summed E-state index contributed by atoms with van der Waals surface area (Å²) in [6.07, 6.45) is -2.61. The van der Waals surface area contributed by atoms with Crippen molar-refractivity contribution >= 4 is 5.96 Å². The van der Waals surface area contributed by atoms with Gasteiger partial charge in [-0.15, -0.1) is 0 Å². The van der Waals surface area contributed by atoms with Crippen molar-refractivity contribution in [1.29, 1.82) is 0 Å². The highest BCUT2D eigenvalue weighted by Crippen LogP contribution is 2.39. The van der Waals surface area contributed by atoms with E-state index in [1.165, 1.54) is 4.90 Å². The normalized spacial score (nSPS) is 24.7. The van der Waals surface area contributed by atoms with Gasteiger partial charge in [0, 0.05) is 31.6 Å². The molecule has 162 valence electrons. The van der Waals surface area contributed by atoms with E-state index in [4.69, 9.17) is 4.74 Å². The van der Waals surface area contributed by atoms with Crippen LogP contribution in [-0.2, 0) is 0 Å². The lowest BCUT2D eigenvalue weighted by atomic mass is 9.90. The number of halogens is 3. The number of rotatable bonds is 5. The van der Waals surface area contributed by atoms with Crippen LogP contribution in [0.2, 0.25) is 0 Å². The van der Waals surface area contributed by atoms with Gasteiger partial charge in [-0.1, -0.05) is 18.2 Å². The second-order valence-electron chi connectivity index (χ2n) is 8.53. The molecule has 0 aliphatic carbocycles. The van der Waals surface area contributed by atoms with E-state index in [-0.39, 0.29) is 17.6 Å². The van der Waals surface area contributed by atoms with Crippen molar-refractivity contribution in [2.24, 2.45) is 10.9 Å². The first-order valence-electron chi connectivity index (χ1n) is 10.3. The largest absolute Gasteiger partial charge is 0.487 e. The Kier molecular flexibility index (Phi) is 6.61. The molecular weight excluding hydrogens is 381 g/mol. The second kappa shape index (κ2) is 8.81. The third-order valence-corrected chi connectivity index (χ3v) is 5.31. The number of hydrogen-bond donors (Lipinski definition) is 2. The monoisotopic (exact) mass is 412 g/mol. The van der Waals surface area contributed by atoms with Crippen molar-refractivity contribution in [2.45, 2.75) is 51.4 Å². The molecule has 2 atom stereocenters. The molecule has 1 fully saturated rings. The summed E-state index contributed by atoms with van der Waals surface area (Å²) in [6.45, 7) is 7.44. The molecule has 3 rings (SSSR count). The Morgan fingerprint density at radius 3 is 2.79 bits per heavy atom. The number of guanidine groups is 1. The fourth-order valence-electron chi connectivity index (χ4n) is 4.10. The van der Waals surface area contributed by atoms with E-state index in [1.807, 2.05) is 25.1 Å². The minimum absolute atomic E-state index is 0.0538. The van der Waals surface area contributed by atoms with E-state index in [0.29, 0.717) is 32.1 Å². The molecular formula is C21H31F3N4O. The Balaban J connectivity index is 1.64. The average molecular weight is 413 g/mol. The smallest absolute Gasteiger partial charge is 0.401 e. The number of benzene rings is 1. The van der Waals surface area contributed by atoms with E-state index in [9.17, 15) is 13.2 Å². The van der Waals surface area contributed by atoms with Crippen LogP contribution >= 0.6 is 0 Å². The van der Waals surface area contributed by atoms with Crippen molar-refractivity contribution in [3.63, 3.8) is 0 Å². The number of para-hydroxylation sites is 1. The standard InChI is InChI=1S/C21H31F3N4O/c1-4-25-19(26-12-15-9-10-28(13-15)14-21(22,23)24)27-17-11-20(2,3)29-18-8-6-5-7-16(17)18/h5-8,15,17H,4,9-14H2,1-3H3,(H2,25,26,27). The Morgan fingerprint density at radius 2 is 2.07 bits per heavy atom. The molecule has 2 aliphatic rings. The third-order valence-electron chi connectivity index (χ3n) is 5.31. The Morgan fingerprint density at radius 1 is 1.31 bits per heavy atom. The molecule has 0 amide bonds. The summed E-state index contributed by atoms with van der Waals surface area (Å²) < 4.78 is 43.9. The number of nitrogens with one attached hydrogen (secondary N) is 2. The number of likely N-dealkylation sites (tertiary alicyclic amines) is 1. The number of nitrogens with zero attached hydrogens (tertiary/aromatic N) is 2. The van der Waals surface area contributed by atoms with Crippen LogP contribution in [0.1, 0.15) is 45.2 Å². The van der Waals surface area contributed by atoms with Crippen LogP contribution in [0.25, 0.3) is 0 Å². The molecule has 1 aromatic carbocycles. The highest BCUT2D eigenvalue weighted by Gasteiger charge is 2.35. The van der Waals surface area contributed by atoms with Crippen LogP contribution in [0.15, 0.2) is 29.3 Å². The zero-order valence-corrected chi connectivity index (χ0v) is 17.4. The van der Waals surface area contributed by atoms with Crippen LogP contribution in [0.4, 0.5) is 13.2 Å². The number of alkyl halides is 3. The highest BCUT2D eigenvalue weighted by atomic mass is 19.4. The summed E-state index contributed by atoms with van der Waals surface area (Å²) in [5, 5.41) is 6.77. The first kappa shape index (κ1) is 21.7. The summed E-state index contributed by atoms with van der Waals surface area (Å²) >= 11 is 0. The van der Waals surface area contributed by atoms with Gasteiger partial charge in [-0.05, 0) is 45.7 Å². The third kappa shape index (κ3) is 6.26. The maximum atomic E-state index is 12.6. The lowest BCUT2D eigenvalue weighted by molar-refractivity contribution is -0.143. The zero-order valence-electron chi connectivity index (χ0n) is 17.4. The van der Waals surface area contributed by atoms with Gasteiger partial charge < -0.3 is 15.4 Å². The number of ether oxygens (including phenoxy) is 1. The molecule has 1 saturated heterocycles. The van der Waals surface area contributed by atoms with Gasteiger partial charge in [0.1, 0.15) is 11.4 Å². The molecule has 2 N–H and O–H groups in total. The lowest BCUT2D eigenvalue weighted by Gasteiger charge is -2.38. The maximum absolute atomic E-state index is 12.6. The van der Waals surface area contributed by atoms with Crippen LogP contribution < -0.4 is 15.4 Å². The van der Waals surface area contributed by atoms with Crippen molar-refractivity contribution in [3.8, 4) is 5.75 Å². The molecule has 0 saturated carbocycles.